The van der Waals surface area contributed by atoms with Crippen molar-refractivity contribution in [1.82, 2.24) is 4.40 Å². The maximum atomic E-state index is 8.81. The molecule has 0 atom stereocenters. The zero-order chi connectivity index (χ0) is 9.42. The molecule has 0 aromatic carbocycles. The Morgan fingerprint density at radius 3 is 2.69 bits per heavy atom. The maximum absolute atomic E-state index is 8.81. The van der Waals surface area contributed by atoms with Gasteiger partial charge in [-0.15, -0.1) is 0 Å². The highest BCUT2D eigenvalue weighted by atomic mass is 14.9. The lowest BCUT2D eigenvalue weighted by atomic mass is 10.1. The van der Waals surface area contributed by atoms with Crippen LogP contribution in [0, 0.1) is 25.2 Å². The standard InChI is InChI=1S/C11H10N2/c1-8-5-6-13-10(7-12)3-4-11(13)9(8)2/h3-6H,1-2H3. The van der Waals surface area contributed by atoms with E-state index >= 15 is 0 Å². The van der Waals surface area contributed by atoms with E-state index in [1.807, 2.05) is 28.8 Å². The predicted octanol–water partition coefficient (Wildman–Crippen LogP) is 2.43. The summed E-state index contributed by atoms with van der Waals surface area (Å²) in [6.07, 6.45) is 1.94. The van der Waals surface area contributed by atoms with Crippen LogP contribution in [0.2, 0.25) is 0 Å². The largest absolute Gasteiger partial charge is 0.308 e. The van der Waals surface area contributed by atoms with Gasteiger partial charge in [0.15, 0.2) is 0 Å². The summed E-state index contributed by atoms with van der Waals surface area (Å²) < 4.78 is 1.92. The molecule has 0 amide bonds. The molecule has 0 spiro atoms. The van der Waals surface area contributed by atoms with Crippen molar-refractivity contribution >= 4 is 5.52 Å². The van der Waals surface area contributed by atoms with E-state index in [4.69, 9.17) is 5.26 Å². The van der Waals surface area contributed by atoms with Crippen LogP contribution in [0.1, 0.15) is 16.8 Å². The van der Waals surface area contributed by atoms with Crippen LogP contribution in [-0.4, -0.2) is 4.40 Å². The Morgan fingerprint density at radius 2 is 2.00 bits per heavy atom. The molecule has 0 aliphatic rings. The molecule has 0 radical (unpaired) electrons. The Hall–Kier alpha value is -1.75. The van der Waals surface area contributed by atoms with Crippen molar-refractivity contribution in [3.8, 4) is 6.07 Å². The zero-order valence-electron chi connectivity index (χ0n) is 7.70. The van der Waals surface area contributed by atoms with E-state index in [0.717, 1.165) is 5.52 Å². The van der Waals surface area contributed by atoms with Gasteiger partial charge in [0, 0.05) is 11.7 Å². The van der Waals surface area contributed by atoms with E-state index in [0.29, 0.717) is 5.69 Å². The molecular weight excluding hydrogens is 160 g/mol. The van der Waals surface area contributed by atoms with Crippen molar-refractivity contribution in [2.75, 3.05) is 0 Å². The van der Waals surface area contributed by atoms with Gasteiger partial charge in [-0.3, -0.25) is 0 Å². The zero-order valence-corrected chi connectivity index (χ0v) is 7.70. The van der Waals surface area contributed by atoms with Crippen molar-refractivity contribution < 1.29 is 0 Å². The fourth-order valence-corrected chi connectivity index (χ4v) is 1.52. The van der Waals surface area contributed by atoms with E-state index < -0.39 is 0 Å². The normalized spacial score (nSPS) is 10.2. The molecule has 2 rings (SSSR count). The monoisotopic (exact) mass is 170 g/mol. The summed E-state index contributed by atoms with van der Waals surface area (Å²) in [4.78, 5) is 0. The first-order valence-electron chi connectivity index (χ1n) is 4.21. The van der Waals surface area contributed by atoms with Gasteiger partial charge >= 0.3 is 0 Å². The number of pyridine rings is 1. The lowest BCUT2D eigenvalue weighted by Gasteiger charge is -2.03. The number of rotatable bonds is 0. The number of hydrogen-bond acceptors (Lipinski definition) is 1. The molecule has 0 N–H and O–H groups in total. The molecule has 0 saturated carbocycles. The minimum absolute atomic E-state index is 0.693. The molecule has 64 valence electrons. The minimum Gasteiger partial charge on any atom is -0.308 e. The van der Waals surface area contributed by atoms with Crippen LogP contribution in [0.5, 0.6) is 0 Å². The third-order valence-electron chi connectivity index (χ3n) is 2.48. The van der Waals surface area contributed by atoms with Gasteiger partial charge in [0.25, 0.3) is 0 Å². The van der Waals surface area contributed by atoms with E-state index in [1.165, 1.54) is 11.1 Å². The van der Waals surface area contributed by atoms with E-state index in [9.17, 15) is 0 Å². The lowest BCUT2D eigenvalue weighted by Crippen LogP contribution is -1.91. The summed E-state index contributed by atoms with van der Waals surface area (Å²) in [6, 6.07) is 8.03. The Bertz CT molecular complexity index is 501. The van der Waals surface area contributed by atoms with Crippen molar-refractivity contribution in [3.63, 3.8) is 0 Å². The Morgan fingerprint density at radius 1 is 1.23 bits per heavy atom. The molecule has 0 unspecified atom stereocenters. The maximum Gasteiger partial charge on any atom is 0.124 e. The van der Waals surface area contributed by atoms with Gasteiger partial charge in [0.05, 0.1) is 0 Å². The van der Waals surface area contributed by atoms with E-state index in [1.54, 1.807) is 0 Å². The number of aryl methyl sites for hydroxylation is 2. The summed E-state index contributed by atoms with van der Waals surface area (Å²) in [5.74, 6) is 0. The van der Waals surface area contributed by atoms with Gasteiger partial charge in [-0.2, -0.15) is 5.26 Å². The molecule has 0 fully saturated rings. The summed E-state index contributed by atoms with van der Waals surface area (Å²) in [5, 5.41) is 8.81. The van der Waals surface area contributed by atoms with Crippen LogP contribution >= 0.6 is 0 Å². The quantitative estimate of drug-likeness (QED) is 0.596. The predicted molar refractivity (Wildman–Crippen MR) is 51.6 cm³/mol. The molecule has 0 aliphatic heterocycles. The second kappa shape index (κ2) is 2.63. The van der Waals surface area contributed by atoms with Crippen molar-refractivity contribution in [1.29, 1.82) is 5.26 Å². The third-order valence-corrected chi connectivity index (χ3v) is 2.48. The summed E-state index contributed by atoms with van der Waals surface area (Å²) in [5.41, 5.74) is 4.31. The van der Waals surface area contributed by atoms with Crippen LogP contribution in [-0.2, 0) is 0 Å². The first-order chi connectivity index (χ1) is 6.24. The van der Waals surface area contributed by atoms with E-state index in [-0.39, 0.29) is 0 Å². The highest BCUT2D eigenvalue weighted by Gasteiger charge is 2.03. The summed E-state index contributed by atoms with van der Waals surface area (Å²) in [6.45, 7) is 4.15. The van der Waals surface area contributed by atoms with Gasteiger partial charge in [-0.1, -0.05) is 0 Å². The molecular formula is C11H10N2. The molecule has 0 bridgehead atoms. The number of nitrogens with zero attached hydrogens (tertiary/aromatic N) is 2. The van der Waals surface area contributed by atoms with E-state index in [2.05, 4.69) is 19.9 Å². The van der Waals surface area contributed by atoms with Gasteiger partial charge in [0.1, 0.15) is 11.8 Å². The van der Waals surface area contributed by atoms with Crippen molar-refractivity contribution in [3.05, 3.63) is 41.2 Å². The minimum atomic E-state index is 0.693. The SMILES string of the molecule is Cc1ccn2c(C#N)ccc2c1C. The first-order valence-corrected chi connectivity index (χ1v) is 4.21. The van der Waals surface area contributed by atoms with Crippen LogP contribution in [0.3, 0.4) is 0 Å². The van der Waals surface area contributed by atoms with Gasteiger partial charge in [-0.05, 0) is 43.2 Å². The van der Waals surface area contributed by atoms with Gasteiger partial charge in [0.2, 0.25) is 0 Å². The van der Waals surface area contributed by atoms with Gasteiger partial charge in [-0.25, -0.2) is 0 Å². The fraction of sp³-hybridized carbons (Fsp3) is 0.182. The Labute approximate surface area is 77.0 Å². The average molecular weight is 170 g/mol. The number of fused-ring (bicyclic) bond motifs is 1. The van der Waals surface area contributed by atoms with Crippen molar-refractivity contribution in [2.45, 2.75) is 13.8 Å². The third kappa shape index (κ3) is 1.01. The highest BCUT2D eigenvalue weighted by Crippen LogP contribution is 2.17. The summed E-state index contributed by atoms with van der Waals surface area (Å²) >= 11 is 0. The molecule has 2 aromatic heterocycles. The van der Waals surface area contributed by atoms with Crippen LogP contribution in [0.25, 0.3) is 5.52 Å². The molecule has 2 nitrogen and oxygen atoms in total. The number of aromatic nitrogens is 1. The molecule has 2 aromatic rings. The second-order valence-electron chi connectivity index (χ2n) is 3.21. The first kappa shape index (κ1) is 7.88. The molecule has 2 heteroatoms. The smallest absolute Gasteiger partial charge is 0.124 e. The summed E-state index contributed by atoms with van der Waals surface area (Å²) in [7, 11) is 0. The average Bonchev–Trinajstić information content (AvgIpc) is 2.55. The number of hydrogen-bond donors (Lipinski definition) is 0. The Kier molecular flexibility index (Phi) is 1.60. The molecule has 0 aliphatic carbocycles. The Balaban J connectivity index is 2.91. The number of nitriles is 1. The lowest BCUT2D eigenvalue weighted by molar-refractivity contribution is 1.13. The topological polar surface area (TPSA) is 28.2 Å². The molecule has 0 saturated heterocycles. The molecule has 2 heterocycles. The highest BCUT2D eigenvalue weighted by molar-refractivity contribution is 5.60. The second-order valence-corrected chi connectivity index (χ2v) is 3.21. The fourth-order valence-electron chi connectivity index (χ4n) is 1.52. The van der Waals surface area contributed by atoms with Gasteiger partial charge < -0.3 is 4.40 Å². The van der Waals surface area contributed by atoms with Crippen molar-refractivity contribution in [2.24, 2.45) is 0 Å². The van der Waals surface area contributed by atoms with Crippen LogP contribution in [0.15, 0.2) is 24.4 Å². The van der Waals surface area contributed by atoms with Crippen LogP contribution in [0.4, 0.5) is 0 Å². The van der Waals surface area contributed by atoms with Crippen LogP contribution < -0.4 is 0 Å². The molecule has 13 heavy (non-hydrogen) atoms.